The number of esters is 2. The first-order chi connectivity index (χ1) is 13.1. The summed E-state index contributed by atoms with van der Waals surface area (Å²) in [6, 6.07) is 19.7. The molecule has 0 spiro atoms. The Morgan fingerprint density at radius 1 is 0.889 bits per heavy atom. The van der Waals surface area contributed by atoms with Crippen LogP contribution in [0, 0.1) is 6.92 Å². The number of methoxy groups -OCH3 is 1. The monoisotopic (exact) mass is 361 g/mol. The summed E-state index contributed by atoms with van der Waals surface area (Å²) < 4.78 is 10.2. The van der Waals surface area contributed by atoms with Gasteiger partial charge in [0.15, 0.2) is 0 Å². The molecular weight excluding hydrogens is 342 g/mol. The molecule has 0 bridgehead atoms. The largest absolute Gasteiger partial charge is 0.465 e. The lowest BCUT2D eigenvalue weighted by molar-refractivity contribution is 0.0472. The Kier molecular flexibility index (Phi) is 5.61. The fourth-order valence-corrected chi connectivity index (χ4v) is 2.62. The molecule has 0 N–H and O–H groups in total. The van der Waals surface area contributed by atoms with E-state index in [1.165, 1.54) is 7.11 Å². The highest BCUT2D eigenvalue weighted by atomic mass is 16.5. The molecule has 0 saturated heterocycles. The molecule has 0 aliphatic heterocycles. The Labute approximate surface area is 157 Å². The van der Waals surface area contributed by atoms with Crippen molar-refractivity contribution in [3.8, 4) is 11.3 Å². The van der Waals surface area contributed by atoms with Crippen LogP contribution in [0.5, 0.6) is 0 Å². The van der Waals surface area contributed by atoms with Crippen molar-refractivity contribution in [2.75, 3.05) is 7.11 Å². The highest BCUT2D eigenvalue weighted by Crippen LogP contribution is 2.24. The van der Waals surface area contributed by atoms with Crippen LogP contribution in [-0.4, -0.2) is 24.0 Å². The fourth-order valence-electron chi connectivity index (χ4n) is 2.62. The van der Waals surface area contributed by atoms with Gasteiger partial charge in [-0.2, -0.15) is 0 Å². The van der Waals surface area contributed by atoms with Crippen LogP contribution in [0.4, 0.5) is 0 Å². The normalized spacial score (nSPS) is 10.3. The first kappa shape index (κ1) is 18.3. The standard InChI is InChI=1S/C22H19NO4/c1-15-8-13-19(22(25)27-14-16-6-4-3-5-7-16)20(23-15)17-9-11-18(12-10-17)21(24)26-2/h3-13H,14H2,1-2H3. The first-order valence-corrected chi connectivity index (χ1v) is 8.46. The van der Waals surface area contributed by atoms with Gasteiger partial charge < -0.3 is 9.47 Å². The van der Waals surface area contributed by atoms with Crippen molar-refractivity contribution in [1.29, 1.82) is 0 Å². The van der Waals surface area contributed by atoms with Crippen LogP contribution in [0.25, 0.3) is 11.3 Å². The van der Waals surface area contributed by atoms with Gasteiger partial charge in [-0.05, 0) is 36.8 Å². The molecule has 0 saturated carbocycles. The number of aryl methyl sites for hydroxylation is 1. The molecular formula is C22H19NO4. The van der Waals surface area contributed by atoms with Crippen molar-refractivity contribution < 1.29 is 19.1 Å². The van der Waals surface area contributed by atoms with Crippen LogP contribution in [0.1, 0.15) is 32.0 Å². The van der Waals surface area contributed by atoms with Gasteiger partial charge in [-0.25, -0.2) is 9.59 Å². The van der Waals surface area contributed by atoms with Gasteiger partial charge >= 0.3 is 11.9 Å². The summed E-state index contributed by atoms with van der Waals surface area (Å²) in [7, 11) is 1.33. The lowest BCUT2D eigenvalue weighted by Crippen LogP contribution is -2.09. The Balaban J connectivity index is 1.86. The van der Waals surface area contributed by atoms with Gasteiger partial charge in [0.2, 0.25) is 0 Å². The predicted molar refractivity (Wildman–Crippen MR) is 101 cm³/mol. The van der Waals surface area contributed by atoms with E-state index in [9.17, 15) is 9.59 Å². The summed E-state index contributed by atoms with van der Waals surface area (Å²) in [6.07, 6.45) is 0. The molecule has 0 unspecified atom stereocenters. The smallest absolute Gasteiger partial charge is 0.340 e. The Bertz CT molecular complexity index is 950. The minimum atomic E-state index is -0.446. The van der Waals surface area contributed by atoms with Gasteiger partial charge in [-0.15, -0.1) is 0 Å². The van der Waals surface area contributed by atoms with Gasteiger partial charge in [0.1, 0.15) is 6.61 Å². The molecule has 1 heterocycles. The minimum Gasteiger partial charge on any atom is -0.465 e. The molecule has 0 radical (unpaired) electrons. The van der Waals surface area contributed by atoms with E-state index in [1.54, 1.807) is 36.4 Å². The van der Waals surface area contributed by atoms with E-state index < -0.39 is 11.9 Å². The number of aromatic nitrogens is 1. The van der Waals surface area contributed by atoms with E-state index in [4.69, 9.17) is 9.47 Å². The van der Waals surface area contributed by atoms with Crippen molar-refractivity contribution in [2.24, 2.45) is 0 Å². The molecule has 3 aromatic rings. The van der Waals surface area contributed by atoms with Gasteiger partial charge in [0.25, 0.3) is 0 Å². The van der Waals surface area contributed by atoms with Crippen LogP contribution in [0.2, 0.25) is 0 Å². The minimum absolute atomic E-state index is 0.189. The Morgan fingerprint density at radius 3 is 2.26 bits per heavy atom. The Hall–Kier alpha value is -3.47. The molecule has 0 aliphatic rings. The van der Waals surface area contributed by atoms with Gasteiger partial charge in [0.05, 0.1) is 23.9 Å². The highest BCUT2D eigenvalue weighted by Gasteiger charge is 2.17. The molecule has 0 amide bonds. The summed E-state index contributed by atoms with van der Waals surface area (Å²) in [4.78, 5) is 28.7. The lowest BCUT2D eigenvalue weighted by Gasteiger charge is -2.11. The summed E-state index contributed by atoms with van der Waals surface area (Å²) >= 11 is 0. The SMILES string of the molecule is COC(=O)c1ccc(-c2nc(C)ccc2C(=O)OCc2ccccc2)cc1. The van der Waals surface area contributed by atoms with Crippen LogP contribution < -0.4 is 0 Å². The number of carbonyl (C=O) groups excluding carboxylic acids is 2. The van der Waals surface area contributed by atoms with Gasteiger partial charge in [-0.3, -0.25) is 4.98 Å². The topological polar surface area (TPSA) is 65.5 Å². The van der Waals surface area contributed by atoms with E-state index in [0.717, 1.165) is 16.8 Å². The zero-order chi connectivity index (χ0) is 19.2. The zero-order valence-electron chi connectivity index (χ0n) is 15.1. The second kappa shape index (κ2) is 8.27. The molecule has 27 heavy (non-hydrogen) atoms. The number of rotatable bonds is 5. The summed E-state index contributed by atoms with van der Waals surface area (Å²) in [5.41, 5.74) is 3.74. The number of benzene rings is 2. The average molecular weight is 361 g/mol. The summed E-state index contributed by atoms with van der Waals surface area (Å²) in [5, 5.41) is 0. The van der Waals surface area contributed by atoms with E-state index in [1.807, 2.05) is 37.3 Å². The maximum atomic E-state index is 12.6. The van der Waals surface area contributed by atoms with Crippen molar-refractivity contribution in [1.82, 2.24) is 4.98 Å². The second-order valence-corrected chi connectivity index (χ2v) is 5.98. The van der Waals surface area contributed by atoms with E-state index in [2.05, 4.69) is 4.98 Å². The predicted octanol–water partition coefficient (Wildman–Crippen LogP) is 4.20. The maximum Gasteiger partial charge on any atom is 0.340 e. The van der Waals surface area contributed by atoms with Crippen LogP contribution in [0.15, 0.2) is 66.7 Å². The zero-order valence-corrected chi connectivity index (χ0v) is 15.1. The number of hydrogen-bond acceptors (Lipinski definition) is 5. The molecule has 0 fully saturated rings. The van der Waals surface area contributed by atoms with Gasteiger partial charge in [0, 0.05) is 11.3 Å². The third kappa shape index (κ3) is 4.39. The molecule has 2 aromatic carbocycles. The summed E-state index contributed by atoms with van der Waals surface area (Å²) in [6.45, 7) is 2.04. The highest BCUT2D eigenvalue weighted by molar-refractivity contribution is 5.96. The van der Waals surface area contributed by atoms with Crippen LogP contribution in [-0.2, 0) is 16.1 Å². The second-order valence-electron chi connectivity index (χ2n) is 5.98. The summed E-state index contributed by atoms with van der Waals surface area (Å²) in [5.74, 6) is -0.861. The van der Waals surface area contributed by atoms with E-state index in [0.29, 0.717) is 16.8 Å². The quantitative estimate of drug-likeness (QED) is 0.637. The third-order valence-electron chi connectivity index (χ3n) is 4.05. The van der Waals surface area contributed by atoms with Crippen LogP contribution in [0.3, 0.4) is 0 Å². The molecule has 0 aliphatic carbocycles. The first-order valence-electron chi connectivity index (χ1n) is 8.46. The molecule has 1 aromatic heterocycles. The average Bonchev–Trinajstić information content (AvgIpc) is 2.72. The lowest BCUT2D eigenvalue weighted by atomic mass is 10.0. The van der Waals surface area contributed by atoms with E-state index >= 15 is 0 Å². The molecule has 5 nitrogen and oxygen atoms in total. The maximum absolute atomic E-state index is 12.6. The number of ether oxygens (including phenoxy) is 2. The number of pyridine rings is 1. The van der Waals surface area contributed by atoms with Crippen molar-refractivity contribution >= 4 is 11.9 Å². The van der Waals surface area contributed by atoms with E-state index in [-0.39, 0.29) is 6.61 Å². The van der Waals surface area contributed by atoms with Crippen molar-refractivity contribution in [3.63, 3.8) is 0 Å². The number of nitrogens with zero attached hydrogens (tertiary/aromatic N) is 1. The fraction of sp³-hybridized carbons (Fsp3) is 0.136. The molecule has 136 valence electrons. The Morgan fingerprint density at radius 2 is 1.59 bits per heavy atom. The van der Waals surface area contributed by atoms with Crippen molar-refractivity contribution in [3.05, 3.63) is 89.1 Å². The molecule has 5 heteroatoms. The molecule has 3 rings (SSSR count). The van der Waals surface area contributed by atoms with Gasteiger partial charge in [-0.1, -0.05) is 42.5 Å². The number of hydrogen-bond donors (Lipinski definition) is 0. The molecule has 0 atom stereocenters. The van der Waals surface area contributed by atoms with Crippen molar-refractivity contribution in [2.45, 2.75) is 13.5 Å². The van der Waals surface area contributed by atoms with Crippen LogP contribution >= 0.6 is 0 Å². The third-order valence-corrected chi connectivity index (χ3v) is 4.05. The number of carbonyl (C=O) groups is 2.